The topological polar surface area (TPSA) is 68.2 Å². The highest BCUT2D eigenvalue weighted by Gasteiger charge is 2.25. The minimum atomic E-state index is -0.364. The number of allylic oxidation sites excluding steroid dienone is 1. The second-order valence-electron chi connectivity index (χ2n) is 4.96. The number of amides is 1. The van der Waals surface area contributed by atoms with Gasteiger partial charge in [-0.2, -0.15) is 5.26 Å². The zero-order chi connectivity index (χ0) is 17.4. The van der Waals surface area contributed by atoms with Gasteiger partial charge in [-0.25, -0.2) is 0 Å². The molecule has 23 heavy (non-hydrogen) atoms. The van der Waals surface area contributed by atoms with Crippen molar-refractivity contribution in [3.8, 4) is 6.07 Å². The van der Waals surface area contributed by atoms with Crippen molar-refractivity contribution in [3.63, 3.8) is 0 Å². The minimum absolute atomic E-state index is 0.364. The van der Waals surface area contributed by atoms with Crippen LogP contribution in [0.15, 0.2) is 52.4 Å². The number of halogens is 1. The quantitative estimate of drug-likeness (QED) is 0.540. The van der Waals surface area contributed by atoms with Crippen LogP contribution in [0.4, 0.5) is 0 Å². The predicted octanol–water partition coefficient (Wildman–Crippen LogP) is 3.05. The molecule has 0 aliphatic rings. The third kappa shape index (κ3) is 4.86. The number of carbonyl (C=O) groups is 1. The molecule has 0 spiro atoms. The molecule has 122 valence electrons. The van der Waals surface area contributed by atoms with E-state index in [2.05, 4.69) is 39.2 Å². The van der Waals surface area contributed by atoms with Gasteiger partial charge >= 0.3 is 0 Å². The van der Waals surface area contributed by atoms with Gasteiger partial charge in [0.1, 0.15) is 0 Å². The Bertz CT molecular complexity index is 648. The lowest BCUT2D eigenvalue weighted by Crippen LogP contribution is -2.33. The average Bonchev–Trinajstić information content (AvgIpc) is 2.52. The van der Waals surface area contributed by atoms with E-state index in [-0.39, 0.29) is 6.04 Å². The fraction of sp³-hybridized carbons (Fsp3) is 0.294. The molecule has 2 N–H and O–H groups in total. The molecule has 1 rings (SSSR count). The maximum absolute atomic E-state index is 10.7. The van der Waals surface area contributed by atoms with E-state index in [1.807, 2.05) is 43.1 Å². The van der Waals surface area contributed by atoms with Gasteiger partial charge in [0, 0.05) is 23.8 Å². The largest absolute Gasteiger partial charge is 0.373 e. The van der Waals surface area contributed by atoms with Gasteiger partial charge in [-0.05, 0) is 31.5 Å². The highest BCUT2D eigenvalue weighted by molar-refractivity contribution is 9.10. The lowest BCUT2D eigenvalue weighted by Gasteiger charge is -2.32. The van der Waals surface area contributed by atoms with Crippen molar-refractivity contribution >= 4 is 22.3 Å². The van der Waals surface area contributed by atoms with Gasteiger partial charge in [-0.15, -0.1) is 0 Å². The molecule has 0 fully saturated rings. The molecule has 1 atom stereocenters. The summed E-state index contributed by atoms with van der Waals surface area (Å²) in [5, 5.41) is 15.4. The fourth-order valence-corrected chi connectivity index (χ4v) is 2.68. The Hall–Kier alpha value is -2.26. The molecule has 0 aliphatic heterocycles. The van der Waals surface area contributed by atoms with Crippen molar-refractivity contribution in [2.24, 2.45) is 0 Å². The molecule has 6 heteroatoms. The summed E-state index contributed by atoms with van der Waals surface area (Å²) in [5.74, 6) is 0.698. The van der Waals surface area contributed by atoms with E-state index in [0.29, 0.717) is 23.5 Å². The number of nitrogens with one attached hydrogen (secondary N) is 2. The van der Waals surface area contributed by atoms with Crippen LogP contribution in [-0.2, 0) is 4.79 Å². The van der Waals surface area contributed by atoms with Gasteiger partial charge in [-0.1, -0.05) is 34.6 Å². The summed E-state index contributed by atoms with van der Waals surface area (Å²) in [5.41, 5.74) is 1.89. The third-order valence-electron chi connectivity index (χ3n) is 3.43. The molecule has 1 aromatic carbocycles. The van der Waals surface area contributed by atoms with Gasteiger partial charge in [-0.3, -0.25) is 4.79 Å². The molecule has 0 saturated carbocycles. The van der Waals surface area contributed by atoms with Gasteiger partial charge in [0.2, 0.25) is 6.41 Å². The highest BCUT2D eigenvalue weighted by Crippen LogP contribution is 2.31. The van der Waals surface area contributed by atoms with Crippen LogP contribution in [0, 0.1) is 11.3 Å². The lowest BCUT2D eigenvalue weighted by molar-refractivity contribution is -0.108. The fourth-order valence-electron chi connectivity index (χ4n) is 2.26. The van der Waals surface area contributed by atoms with Crippen LogP contribution < -0.4 is 10.6 Å². The molecule has 1 unspecified atom stereocenters. The van der Waals surface area contributed by atoms with Crippen LogP contribution in [0.1, 0.15) is 25.5 Å². The van der Waals surface area contributed by atoms with E-state index in [1.165, 1.54) is 0 Å². The zero-order valence-electron chi connectivity index (χ0n) is 13.6. The van der Waals surface area contributed by atoms with Crippen LogP contribution in [0.25, 0.3) is 0 Å². The van der Waals surface area contributed by atoms with E-state index in [0.717, 1.165) is 16.6 Å². The van der Waals surface area contributed by atoms with Gasteiger partial charge in [0.25, 0.3) is 0 Å². The van der Waals surface area contributed by atoms with Gasteiger partial charge < -0.3 is 15.5 Å². The Morgan fingerprint density at radius 1 is 1.57 bits per heavy atom. The molecule has 0 aliphatic carbocycles. The summed E-state index contributed by atoms with van der Waals surface area (Å²) in [6.45, 7) is 8.43. The molecule has 0 aromatic heterocycles. The maximum atomic E-state index is 10.7. The summed E-state index contributed by atoms with van der Waals surface area (Å²) in [6.07, 6.45) is 0.573. The summed E-state index contributed by atoms with van der Waals surface area (Å²) < 4.78 is 0.917. The third-order valence-corrected chi connectivity index (χ3v) is 3.92. The highest BCUT2D eigenvalue weighted by atomic mass is 79.9. The first-order valence-electron chi connectivity index (χ1n) is 7.18. The summed E-state index contributed by atoms with van der Waals surface area (Å²) in [7, 11) is 1.86. The van der Waals surface area contributed by atoms with Crippen LogP contribution in [0.5, 0.6) is 0 Å². The van der Waals surface area contributed by atoms with Crippen LogP contribution in [0.3, 0.4) is 0 Å². The molecular weight excluding hydrogens is 356 g/mol. The summed E-state index contributed by atoms with van der Waals surface area (Å²) in [4.78, 5) is 12.6. The molecule has 1 aromatic rings. The van der Waals surface area contributed by atoms with Crippen molar-refractivity contribution in [3.05, 3.63) is 58.0 Å². The molecule has 0 saturated heterocycles. The number of carbonyl (C=O) groups excluding carboxylic acids is 1. The first-order chi connectivity index (χ1) is 11.0. The first kappa shape index (κ1) is 18.8. The normalized spacial score (nSPS) is 12.5. The number of rotatable bonds is 8. The number of benzene rings is 1. The van der Waals surface area contributed by atoms with E-state index in [1.54, 1.807) is 6.92 Å². The Morgan fingerprint density at radius 3 is 2.78 bits per heavy atom. The first-order valence-corrected chi connectivity index (χ1v) is 7.97. The number of nitrogens with zero attached hydrogens (tertiary/aromatic N) is 2. The summed E-state index contributed by atoms with van der Waals surface area (Å²) >= 11 is 3.46. The Morgan fingerprint density at radius 2 is 2.26 bits per heavy atom. The van der Waals surface area contributed by atoms with E-state index in [9.17, 15) is 10.1 Å². The number of hydrogen-bond acceptors (Lipinski definition) is 4. The summed E-state index contributed by atoms with van der Waals surface area (Å²) in [6, 6.07) is 9.58. The number of nitriles is 1. The molecule has 0 bridgehead atoms. The standard InChI is InChI=1S/C17H21BrN4O/c1-5-20-13(3)22(4)17(14-7-6-8-15(18)9-14)16(10-19)12(2)21-11-23/h6-9,11,17,20H,3,5H2,1-2,4H3,(H,21,23)/b16-12-. The SMILES string of the molecule is C=C(NCC)N(C)C(/C(C#N)=C(/C)NC=O)c1cccc(Br)c1. The Labute approximate surface area is 145 Å². The van der Waals surface area contributed by atoms with Crippen molar-refractivity contribution in [2.45, 2.75) is 19.9 Å². The van der Waals surface area contributed by atoms with Crippen molar-refractivity contribution in [2.75, 3.05) is 13.6 Å². The average molecular weight is 377 g/mol. The zero-order valence-corrected chi connectivity index (χ0v) is 15.1. The van der Waals surface area contributed by atoms with E-state index >= 15 is 0 Å². The van der Waals surface area contributed by atoms with Crippen LogP contribution in [-0.4, -0.2) is 24.9 Å². The van der Waals surface area contributed by atoms with Gasteiger partial charge in [0.15, 0.2) is 0 Å². The van der Waals surface area contributed by atoms with Crippen LogP contribution >= 0.6 is 15.9 Å². The van der Waals surface area contributed by atoms with Crippen molar-refractivity contribution < 1.29 is 4.79 Å². The second-order valence-corrected chi connectivity index (χ2v) is 5.87. The molecule has 5 nitrogen and oxygen atoms in total. The minimum Gasteiger partial charge on any atom is -0.373 e. The van der Waals surface area contributed by atoms with Crippen LogP contribution in [0.2, 0.25) is 0 Å². The van der Waals surface area contributed by atoms with Crippen molar-refractivity contribution in [1.82, 2.24) is 15.5 Å². The Kier molecular flexibility index (Phi) is 7.36. The second kappa shape index (κ2) is 9.01. The number of likely N-dealkylation sites (N-methyl/N-ethyl adjacent to an activating group) is 1. The molecule has 0 heterocycles. The van der Waals surface area contributed by atoms with Gasteiger partial charge in [0.05, 0.1) is 23.5 Å². The van der Waals surface area contributed by atoms with E-state index in [4.69, 9.17) is 0 Å². The molecular formula is C17H21BrN4O. The lowest BCUT2D eigenvalue weighted by atomic mass is 9.96. The molecule has 1 amide bonds. The monoisotopic (exact) mass is 376 g/mol. The molecule has 0 radical (unpaired) electrons. The van der Waals surface area contributed by atoms with Crippen molar-refractivity contribution in [1.29, 1.82) is 5.26 Å². The maximum Gasteiger partial charge on any atom is 0.211 e. The number of hydrogen-bond donors (Lipinski definition) is 2. The smallest absolute Gasteiger partial charge is 0.211 e. The van der Waals surface area contributed by atoms with E-state index < -0.39 is 0 Å². The predicted molar refractivity (Wildman–Crippen MR) is 95.0 cm³/mol. The Balaban J connectivity index is 3.42.